The van der Waals surface area contributed by atoms with Gasteiger partial charge in [-0.05, 0) is 15.9 Å². The van der Waals surface area contributed by atoms with E-state index in [1.54, 1.807) is 0 Å². The molecule has 1 rings (SSSR count). The molecule has 0 saturated heterocycles. The second kappa shape index (κ2) is 3.83. The quantitative estimate of drug-likeness (QED) is 0.810. The van der Waals surface area contributed by atoms with Crippen LogP contribution in [0.25, 0.3) is 0 Å². The Morgan fingerprint density at radius 3 is 2.62 bits per heavy atom. The van der Waals surface area contributed by atoms with Gasteiger partial charge in [0.15, 0.2) is 5.69 Å². The van der Waals surface area contributed by atoms with Crippen LogP contribution in [0.5, 0.6) is 0 Å². The fraction of sp³-hybridized carbons (Fsp3) is 0.375. The SMILES string of the molecule is CC(C)c1nc(Br)cc(C(=O)O)n1. The van der Waals surface area contributed by atoms with Gasteiger partial charge in [-0.3, -0.25) is 0 Å². The van der Waals surface area contributed by atoms with Crippen LogP contribution in [0.1, 0.15) is 36.1 Å². The molecule has 0 saturated carbocycles. The molecule has 0 aliphatic carbocycles. The summed E-state index contributed by atoms with van der Waals surface area (Å²) >= 11 is 3.14. The van der Waals surface area contributed by atoms with Gasteiger partial charge >= 0.3 is 5.97 Å². The molecule has 5 heteroatoms. The lowest BCUT2D eigenvalue weighted by Crippen LogP contribution is -2.06. The van der Waals surface area contributed by atoms with Crippen molar-refractivity contribution in [2.24, 2.45) is 0 Å². The minimum atomic E-state index is -1.04. The number of hydrogen-bond acceptors (Lipinski definition) is 3. The highest BCUT2D eigenvalue weighted by Gasteiger charge is 2.10. The molecule has 0 aliphatic heterocycles. The number of carboxylic acids is 1. The summed E-state index contributed by atoms with van der Waals surface area (Å²) in [5.74, 6) is -0.382. The number of aromatic carboxylic acids is 1. The van der Waals surface area contributed by atoms with Crippen molar-refractivity contribution >= 4 is 21.9 Å². The molecule has 0 unspecified atom stereocenters. The highest BCUT2D eigenvalue weighted by Crippen LogP contribution is 2.14. The maximum absolute atomic E-state index is 10.6. The van der Waals surface area contributed by atoms with Crippen molar-refractivity contribution in [1.82, 2.24) is 9.97 Å². The maximum atomic E-state index is 10.6. The van der Waals surface area contributed by atoms with Crippen molar-refractivity contribution < 1.29 is 9.90 Å². The van der Waals surface area contributed by atoms with Crippen molar-refractivity contribution in [3.05, 3.63) is 22.2 Å². The predicted octanol–water partition coefficient (Wildman–Crippen LogP) is 2.06. The first kappa shape index (κ1) is 10.1. The third-order valence-corrected chi connectivity index (χ3v) is 1.85. The molecule has 70 valence electrons. The Hall–Kier alpha value is -0.970. The lowest BCUT2D eigenvalue weighted by atomic mass is 10.2. The third kappa shape index (κ3) is 2.48. The largest absolute Gasteiger partial charge is 0.477 e. The van der Waals surface area contributed by atoms with Gasteiger partial charge in [-0.1, -0.05) is 13.8 Å². The monoisotopic (exact) mass is 244 g/mol. The molecular weight excluding hydrogens is 236 g/mol. The number of carboxylic acid groups (broad SMARTS) is 1. The van der Waals surface area contributed by atoms with Gasteiger partial charge in [-0.25, -0.2) is 14.8 Å². The molecule has 1 aromatic heterocycles. The molecule has 4 nitrogen and oxygen atoms in total. The summed E-state index contributed by atoms with van der Waals surface area (Å²) < 4.78 is 0.503. The van der Waals surface area contributed by atoms with Crippen LogP contribution in [0.3, 0.4) is 0 Å². The van der Waals surface area contributed by atoms with Crippen LogP contribution in [0.15, 0.2) is 10.7 Å². The number of rotatable bonds is 2. The normalized spacial score (nSPS) is 10.5. The Balaban J connectivity index is 3.19. The molecule has 0 aromatic carbocycles. The zero-order chi connectivity index (χ0) is 10.0. The fourth-order valence-corrected chi connectivity index (χ4v) is 1.20. The van der Waals surface area contributed by atoms with Gasteiger partial charge in [0.25, 0.3) is 0 Å². The summed E-state index contributed by atoms with van der Waals surface area (Å²) in [6.45, 7) is 3.82. The summed E-state index contributed by atoms with van der Waals surface area (Å²) in [7, 11) is 0. The van der Waals surface area contributed by atoms with E-state index in [1.807, 2.05) is 13.8 Å². The first-order chi connectivity index (χ1) is 6.00. The Bertz CT molecular complexity index is 339. The molecule has 0 fully saturated rings. The molecule has 0 spiro atoms. The van der Waals surface area contributed by atoms with Gasteiger partial charge in [0.05, 0.1) is 0 Å². The Kier molecular flexibility index (Phi) is 2.98. The summed E-state index contributed by atoms with van der Waals surface area (Å²) in [6.07, 6.45) is 0. The second-order valence-electron chi connectivity index (χ2n) is 2.89. The van der Waals surface area contributed by atoms with Crippen molar-refractivity contribution in [2.75, 3.05) is 0 Å². The van der Waals surface area contributed by atoms with Crippen LogP contribution in [-0.4, -0.2) is 21.0 Å². The van der Waals surface area contributed by atoms with E-state index in [9.17, 15) is 4.79 Å². The molecule has 0 amide bonds. The second-order valence-corrected chi connectivity index (χ2v) is 3.71. The van der Waals surface area contributed by atoms with Crippen LogP contribution in [0.4, 0.5) is 0 Å². The average Bonchev–Trinajstić information content (AvgIpc) is 2.03. The standard InChI is InChI=1S/C8H9BrN2O2/c1-4(2)7-10-5(8(12)13)3-6(9)11-7/h3-4H,1-2H3,(H,12,13). The highest BCUT2D eigenvalue weighted by molar-refractivity contribution is 9.10. The Labute approximate surface area is 84.2 Å². The number of hydrogen-bond donors (Lipinski definition) is 1. The van der Waals surface area contributed by atoms with Gasteiger partial charge in [0, 0.05) is 12.0 Å². The van der Waals surface area contributed by atoms with Crippen molar-refractivity contribution in [3.8, 4) is 0 Å². The molecule has 0 aliphatic rings. The molecule has 13 heavy (non-hydrogen) atoms. The molecular formula is C8H9BrN2O2. The molecule has 0 bridgehead atoms. The van der Waals surface area contributed by atoms with Gasteiger partial charge in [-0.2, -0.15) is 0 Å². The van der Waals surface area contributed by atoms with Gasteiger partial charge in [-0.15, -0.1) is 0 Å². The number of halogens is 1. The zero-order valence-electron chi connectivity index (χ0n) is 7.28. The average molecular weight is 245 g/mol. The van der Waals surface area contributed by atoms with E-state index in [0.29, 0.717) is 10.4 Å². The zero-order valence-corrected chi connectivity index (χ0v) is 8.87. The van der Waals surface area contributed by atoms with Gasteiger partial charge in [0.1, 0.15) is 10.4 Å². The molecule has 1 heterocycles. The fourth-order valence-electron chi connectivity index (χ4n) is 0.803. The van der Waals surface area contributed by atoms with E-state index >= 15 is 0 Å². The Morgan fingerprint density at radius 1 is 1.54 bits per heavy atom. The molecule has 0 atom stereocenters. The maximum Gasteiger partial charge on any atom is 0.354 e. The first-order valence-corrected chi connectivity index (χ1v) is 4.57. The van der Waals surface area contributed by atoms with E-state index in [4.69, 9.17) is 5.11 Å². The summed E-state index contributed by atoms with van der Waals surface area (Å²) in [5, 5.41) is 8.70. The number of carbonyl (C=O) groups is 1. The summed E-state index contributed by atoms with van der Waals surface area (Å²) in [6, 6.07) is 1.38. The van der Waals surface area contributed by atoms with Crippen molar-refractivity contribution in [3.63, 3.8) is 0 Å². The van der Waals surface area contributed by atoms with Crippen LogP contribution in [0.2, 0.25) is 0 Å². The predicted molar refractivity (Wildman–Crippen MR) is 50.8 cm³/mol. The summed E-state index contributed by atoms with van der Waals surface area (Å²) in [5.41, 5.74) is 0.0191. The molecule has 1 aromatic rings. The number of aromatic nitrogens is 2. The van der Waals surface area contributed by atoms with Crippen LogP contribution in [0, 0.1) is 0 Å². The lowest BCUT2D eigenvalue weighted by molar-refractivity contribution is 0.0689. The van der Waals surface area contributed by atoms with Crippen LogP contribution in [-0.2, 0) is 0 Å². The lowest BCUT2D eigenvalue weighted by Gasteiger charge is -2.04. The van der Waals surface area contributed by atoms with Gasteiger partial charge in [0.2, 0.25) is 0 Å². The topological polar surface area (TPSA) is 63.1 Å². The molecule has 0 radical (unpaired) electrons. The smallest absolute Gasteiger partial charge is 0.354 e. The van der Waals surface area contributed by atoms with Crippen LogP contribution >= 0.6 is 15.9 Å². The third-order valence-electron chi connectivity index (χ3n) is 1.45. The first-order valence-electron chi connectivity index (χ1n) is 3.78. The van der Waals surface area contributed by atoms with E-state index in [0.717, 1.165) is 0 Å². The molecule has 1 N–H and O–H groups in total. The highest BCUT2D eigenvalue weighted by atomic mass is 79.9. The van der Waals surface area contributed by atoms with Crippen molar-refractivity contribution in [1.29, 1.82) is 0 Å². The minimum absolute atomic E-state index is 0.0191. The van der Waals surface area contributed by atoms with Gasteiger partial charge < -0.3 is 5.11 Å². The van der Waals surface area contributed by atoms with E-state index in [-0.39, 0.29) is 11.6 Å². The summed E-state index contributed by atoms with van der Waals surface area (Å²) in [4.78, 5) is 18.6. The van der Waals surface area contributed by atoms with E-state index < -0.39 is 5.97 Å². The van der Waals surface area contributed by atoms with Crippen LogP contribution < -0.4 is 0 Å². The van der Waals surface area contributed by atoms with E-state index in [2.05, 4.69) is 25.9 Å². The Morgan fingerprint density at radius 2 is 2.15 bits per heavy atom. The van der Waals surface area contributed by atoms with Crippen molar-refractivity contribution in [2.45, 2.75) is 19.8 Å². The minimum Gasteiger partial charge on any atom is -0.477 e. The van der Waals surface area contributed by atoms with E-state index in [1.165, 1.54) is 6.07 Å². The number of nitrogens with zero attached hydrogens (tertiary/aromatic N) is 2.